The van der Waals surface area contributed by atoms with E-state index in [1.165, 1.54) is 76.5 Å². The van der Waals surface area contributed by atoms with Crippen LogP contribution >= 0.6 is 0 Å². The molecule has 0 saturated heterocycles. The van der Waals surface area contributed by atoms with Crippen molar-refractivity contribution in [3.63, 3.8) is 0 Å². The molecule has 9 aromatic carbocycles. The molecular formula is C51H34N2. The van der Waals surface area contributed by atoms with Crippen molar-refractivity contribution in [3.05, 3.63) is 206 Å². The van der Waals surface area contributed by atoms with Gasteiger partial charge in [-0.05, 0) is 107 Å². The van der Waals surface area contributed by atoms with E-state index in [9.17, 15) is 0 Å². The largest absolute Gasteiger partial charge is 0.294 e. The molecule has 2 nitrogen and oxygen atoms in total. The second kappa shape index (κ2) is 12.9. The summed E-state index contributed by atoms with van der Waals surface area (Å²) in [5, 5.41) is 9.76. The molecule has 1 aromatic heterocycles. The molecule has 0 fully saturated rings. The maximum absolute atomic E-state index is 4.90. The number of benzene rings is 9. The average molecular weight is 675 g/mol. The summed E-state index contributed by atoms with van der Waals surface area (Å²) in [5.41, 5.74) is 9.43. The third-order valence-corrected chi connectivity index (χ3v) is 10.5. The van der Waals surface area contributed by atoms with E-state index in [1.807, 2.05) is 12.3 Å². The predicted molar refractivity (Wildman–Crippen MR) is 225 cm³/mol. The van der Waals surface area contributed by atoms with E-state index < -0.39 is 0 Å². The lowest BCUT2D eigenvalue weighted by atomic mass is 9.81. The molecule has 0 atom stereocenters. The van der Waals surface area contributed by atoms with Gasteiger partial charge in [0.2, 0.25) is 0 Å². The summed E-state index contributed by atoms with van der Waals surface area (Å²) < 4.78 is 0. The van der Waals surface area contributed by atoms with Gasteiger partial charge in [0.15, 0.2) is 0 Å². The number of hydrogen-bond acceptors (Lipinski definition) is 2. The van der Waals surface area contributed by atoms with E-state index >= 15 is 0 Å². The fraction of sp³-hybridized carbons (Fsp3) is 0. The highest BCUT2D eigenvalue weighted by atomic mass is 15.2. The van der Waals surface area contributed by atoms with E-state index in [2.05, 4.69) is 199 Å². The summed E-state index contributed by atoms with van der Waals surface area (Å²) in [6.07, 6.45) is 1.87. The van der Waals surface area contributed by atoms with E-state index in [4.69, 9.17) is 4.98 Å². The zero-order chi connectivity index (χ0) is 35.1. The van der Waals surface area contributed by atoms with Gasteiger partial charge in [0.1, 0.15) is 5.82 Å². The third kappa shape index (κ3) is 5.23. The molecule has 1 heterocycles. The highest BCUT2D eigenvalue weighted by Crippen LogP contribution is 2.50. The molecule has 0 N–H and O–H groups in total. The van der Waals surface area contributed by atoms with Crippen LogP contribution in [0.5, 0.6) is 0 Å². The van der Waals surface area contributed by atoms with Crippen LogP contribution in [0.3, 0.4) is 0 Å². The number of hydrogen-bond donors (Lipinski definition) is 0. The van der Waals surface area contributed by atoms with E-state index in [-0.39, 0.29) is 0 Å². The predicted octanol–water partition coefficient (Wildman–Crippen LogP) is 14.2. The maximum Gasteiger partial charge on any atom is 0.137 e. The first-order chi connectivity index (χ1) is 26.3. The van der Waals surface area contributed by atoms with Crippen LogP contribution in [-0.2, 0) is 0 Å². The topological polar surface area (TPSA) is 16.1 Å². The smallest absolute Gasteiger partial charge is 0.137 e. The van der Waals surface area contributed by atoms with Crippen LogP contribution in [0.15, 0.2) is 206 Å². The minimum atomic E-state index is 0.871. The van der Waals surface area contributed by atoms with Crippen LogP contribution in [0.4, 0.5) is 17.2 Å². The zero-order valence-corrected chi connectivity index (χ0v) is 29.0. The van der Waals surface area contributed by atoms with E-state index in [1.54, 1.807) is 0 Å². The van der Waals surface area contributed by atoms with Gasteiger partial charge in [0.25, 0.3) is 0 Å². The molecule has 10 rings (SSSR count). The van der Waals surface area contributed by atoms with Crippen molar-refractivity contribution in [1.82, 2.24) is 4.98 Å². The Labute approximate surface area is 308 Å². The first-order valence-corrected chi connectivity index (χ1v) is 18.1. The fourth-order valence-corrected chi connectivity index (χ4v) is 8.16. The Hall–Kier alpha value is -7.03. The van der Waals surface area contributed by atoms with Gasteiger partial charge in [-0.2, -0.15) is 0 Å². The number of rotatable bonds is 6. The number of pyridine rings is 1. The molecule has 248 valence electrons. The number of aromatic nitrogens is 1. The molecule has 0 bridgehead atoms. The molecule has 0 aliphatic rings. The monoisotopic (exact) mass is 674 g/mol. The molecule has 0 unspecified atom stereocenters. The van der Waals surface area contributed by atoms with Crippen molar-refractivity contribution in [2.24, 2.45) is 0 Å². The third-order valence-electron chi connectivity index (χ3n) is 10.5. The Bertz CT molecular complexity index is 2920. The van der Waals surface area contributed by atoms with Gasteiger partial charge in [-0.3, -0.25) is 4.90 Å². The van der Waals surface area contributed by atoms with Gasteiger partial charge in [-0.15, -0.1) is 0 Å². The van der Waals surface area contributed by atoms with Crippen molar-refractivity contribution < 1.29 is 0 Å². The normalized spacial score (nSPS) is 11.4. The summed E-state index contributed by atoms with van der Waals surface area (Å²) in [4.78, 5) is 7.20. The minimum Gasteiger partial charge on any atom is -0.294 e. The van der Waals surface area contributed by atoms with Crippen molar-refractivity contribution in [1.29, 1.82) is 0 Å². The molecule has 0 aliphatic carbocycles. The Kier molecular flexibility index (Phi) is 7.51. The van der Waals surface area contributed by atoms with Crippen molar-refractivity contribution in [2.45, 2.75) is 0 Å². The lowest BCUT2D eigenvalue weighted by Gasteiger charge is -2.27. The van der Waals surface area contributed by atoms with Crippen molar-refractivity contribution in [3.8, 4) is 33.4 Å². The SMILES string of the molecule is c1ccc(-c2cc(-c3ccccc3)c3c4ccccc4c4cc(N(c5ccccn5)c5cccc6ccccc56)ccc4c3c2-c2ccccc2)cc1. The van der Waals surface area contributed by atoms with Crippen LogP contribution in [0.25, 0.3) is 76.5 Å². The quantitative estimate of drug-likeness (QED) is 0.163. The Balaban J connectivity index is 1.37. The van der Waals surface area contributed by atoms with Crippen molar-refractivity contribution in [2.75, 3.05) is 4.90 Å². The summed E-state index contributed by atoms with van der Waals surface area (Å²) >= 11 is 0. The summed E-state index contributed by atoms with van der Waals surface area (Å²) in [7, 11) is 0. The van der Waals surface area contributed by atoms with E-state index in [0.717, 1.165) is 17.2 Å². The van der Waals surface area contributed by atoms with E-state index in [0.29, 0.717) is 0 Å². The van der Waals surface area contributed by atoms with Gasteiger partial charge >= 0.3 is 0 Å². The van der Waals surface area contributed by atoms with Crippen LogP contribution in [0, 0.1) is 0 Å². The van der Waals surface area contributed by atoms with Crippen LogP contribution in [0.2, 0.25) is 0 Å². The standard InChI is InChI=1S/C51H34N2/c1-4-17-36(18-5-1)44-34-45(37-19-6-2-7-20-37)50-42-27-13-12-26-41(42)46-33-39(30-31-43(46)51(50)49(44)38-22-8-3-9-23-38)53(48-29-14-15-32-52-48)47-28-16-24-35-21-10-11-25-40(35)47/h1-34H. The van der Waals surface area contributed by atoms with Gasteiger partial charge in [0, 0.05) is 17.3 Å². The lowest BCUT2D eigenvalue weighted by molar-refractivity contribution is 1.19. The second-order valence-corrected chi connectivity index (χ2v) is 13.5. The van der Waals surface area contributed by atoms with Crippen molar-refractivity contribution >= 4 is 60.3 Å². The maximum atomic E-state index is 4.90. The number of anilines is 3. The Morgan fingerprint density at radius 2 is 0.943 bits per heavy atom. The van der Waals surface area contributed by atoms with Gasteiger partial charge in [0.05, 0.1) is 5.69 Å². The number of fused-ring (bicyclic) bond motifs is 7. The average Bonchev–Trinajstić information content (AvgIpc) is 3.24. The Morgan fingerprint density at radius 3 is 1.66 bits per heavy atom. The van der Waals surface area contributed by atoms with Crippen LogP contribution in [-0.4, -0.2) is 4.98 Å². The molecule has 2 heteroatoms. The second-order valence-electron chi connectivity index (χ2n) is 13.5. The van der Waals surface area contributed by atoms with Crippen LogP contribution < -0.4 is 4.90 Å². The Morgan fingerprint density at radius 1 is 0.358 bits per heavy atom. The molecule has 0 spiro atoms. The molecule has 0 saturated carbocycles. The summed E-state index contributed by atoms with van der Waals surface area (Å²) in [5.74, 6) is 0.871. The van der Waals surface area contributed by atoms with Crippen LogP contribution in [0.1, 0.15) is 0 Å². The molecule has 0 aliphatic heterocycles. The molecule has 10 aromatic rings. The lowest BCUT2D eigenvalue weighted by Crippen LogP contribution is -2.11. The molecular weight excluding hydrogens is 641 g/mol. The number of nitrogens with zero attached hydrogens (tertiary/aromatic N) is 2. The first-order valence-electron chi connectivity index (χ1n) is 18.1. The van der Waals surface area contributed by atoms with Gasteiger partial charge in [-0.25, -0.2) is 4.98 Å². The van der Waals surface area contributed by atoms with Gasteiger partial charge in [-0.1, -0.05) is 164 Å². The molecule has 53 heavy (non-hydrogen) atoms. The molecule has 0 amide bonds. The van der Waals surface area contributed by atoms with Gasteiger partial charge < -0.3 is 0 Å². The first kappa shape index (κ1) is 30.8. The highest BCUT2D eigenvalue weighted by molar-refractivity contribution is 6.33. The molecule has 0 radical (unpaired) electrons. The summed E-state index contributed by atoms with van der Waals surface area (Å²) in [6, 6.07) is 72.2. The minimum absolute atomic E-state index is 0.871. The fourth-order valence-electron chi connectivity index (χ4n) is 8.16. The highest BCUT2D eigenvalue weighted by Gasteiger charge is 2.23. The zero-order valence-electron chi connectivity index (χ0n) is 29.0. The summed E-state index contributed by atoms with van der Waals surface area (Å²) in [6.45, 7) is 0.